The summed E-state index contributed by atoms with van der Waals surface area (Å²) < 4.78 is 31.2. The zero-order valence-electron chi connectivity index (χ0n) is 7.98. The van der Waals surface area contributed by atoms with Crippen molar-refractivity contribution in [2.45, 2.75) is 19.3 Å². The van der Waals surface area contributed by atoms with Crippen molar-refractivity contribution in [2.75, 3.05) is 19.7 Å². The summed E-state index contributed by atoms with van der Waals surface area (Å²) in [5.41, 5.74) is -0.931. The zero-order valence-corrected chi connectivity index (χ0v) is 7.98. The highest BCUT2D eigenvalue weighted by molar-refractivity contribution is 5.71. The van der Waals surface area contributed by atoms with Gasteiger partial charge in [-0.25, -0.2) is 8.78 Å². The molecule has 14 heavy (non-hydrogen) atoms. The molecule has 1 atom stereocenters. The molecule has 80 valence electrons. The van der Waals surface area contributed by atoms with Crippen LogP contribution in [0.25, 0.3) is 0 Å². The molecule has 2 fully saturated rings. The summed E-state index contributed by atoms with van der Waals surface area (Å²) >= 11 is 0. The molecule has 2 rings (SSSR count). The Bertz CT molecular complexity index is 264. The molecule has 0 radical (unpaired) electrons. The Hall–Kier alpha value is -0.710. The molecule has 3 nitrogen and oxygen atoms in total. The van der Waals surface area contributed by atoms with Crippen LogP contribution < -0.4 is 5.32 Å². The molecule has 0 bridgehead atoms. The zero-order chi connectivity index (χ0) is 10.4. The van der Waals surface area contributed by atoms with Gasteiger partial charge in [0.15, 0.2) is 0 Å². The monoisotopic (exact) mass is 205 g/mol. The minimum absolute atomic E-state index is 0.150. The van der Waals surface area contributed by atoms with Crippen LogP contribution in [-0.4, -0.2) is 31.6 Å². The summed E-state index contributed by atoms with van der Waals surface area (Å²) in [5, 5.41) is 2.82. The molecular formula is C9H13F2NO2. The lowest BCUT2D eigenvalue weighted by Gasteiger charge is -2.27. The van der Waals surface area contributed by atoms with Crippen molar-refractivity contribution in [1.82, 2.24) is 5.32 Å². The van der Waals surface area contributed by atoms with Gasteiger partial charge in [0.05, 0.1) is 18.4 Å². The minimum atomic E-state index is -2.68. The standard InChI is InChI=1S/C9H13F2NO2/c1-2-14-7(13)3-6-8(4-12-5-8)9(6,10)11/h6,12H,2-5H2,1H3. The van der Waals surface area contributed by atoms with Crippen molar-refractivity contribution in [3.8, 4) is 0 Å². The van der Waals surface area contributed by atoms with Gasteiger partial charge in [0.25, 0.3) is 5.92 Å². The Balaban J connectivity index is 1.92. The predicted octanol–water partition coefficient (Wildman–Crippen LogP) is 0.794. The SMILES string of the molecule is CCOC(=O)CC1C(F)(F)C12CNC2. The van der Waals surface area contributed by atoms with Crippen LogP contribution in [0.1, 0.15) is 13.3 Å². The van der Waals surface area contributed by atoms with Gasteiger partial charge in [-0.05, 0) is 6.92 Å². The van der Waals surface area contributed by atoms with Crippen LogP contribution >= 0.6 is 0 Å². The summed E-state index contributed by atoms with van der Waals surface area (Å²) in [7, 11) is 0. The van der Waals surface area contributed by atoms with Crippen LogP contribution in [0.4, 0.5) is 8.78 Å². The second-order valence-electron chi connectivity index (χ2n) is 3.94. The topological polar surface area (TPSA) is 38.3 Å². The fourth-order valence-corrected chi connectivity index (χ4v) is 2.18. The maximum atomic E-state index is 13.2. The molecule has 0 aromatic heterocycles. The van der Waals surface area contributed by atoms with E-state index in [1.807, 2.05) is 0 Å². The van der Waals surface area contributed by atoms with E-state index in [-0.39, 0.29) is 13.0 Å². The van der Waals surface area contributed by atoms with Crippen molar-refractivity contribution >= 4 is 5.97 Å². The fraction of sp³-hybridized carbons (Fsp3) is 0.889. The number of carbonyl (C=O) groups is 1. The lowest BCUT2D eigenvalue weighted by Crippen LogP contribution is -2.48. The molecule has 1 N–H and O–H groups in total. The number of hydrogen-bond donors (Lipinski definition) is 1. The molecule has 0 amide bonds. The van der Waals surface area contributed by atoms with Crippen molar-refractivity contribution in [3.05, 3.63) is 0 Å². The molecule has 1 saturated heterocycles. The van der Waals surface area contributed by atoms with Gasteiger partial charge in [-0.1, -0.05) is 0 Å². The van der Waals surface area contributed by atoms with Crippen LogP contribution in [-0.2, 0) is 9.53 Å². The van der Waals surface area contributed by atoms with E-state index in [0.717, 1.165) is 0 Å². The number of nitrogens with one attached hydrogen (secondary N) is 1. The van der Waals surface area contributed by atoms with E-state index in [0.29, 0.717) is 13.1 Å². The normalized spacial score (nSPS) is 30.9. The highest BCUT2D eigenvalue weighted by Gasteiger charge is 2.82. The fourth-order valence-electron chi connectivity index (χ4n) is 2.18. The third-order valence-corrected chi connectivity index (χ3v) is 3.24. The number of halogens is 2. The van der Waals surface area contributed by atoms with Crippen molar-refractivity contribution in [2.24, 2.45) is 11.3 Å². The largest absolute Gasteiger partial charge is 0.466 e. The van der Waals surface area contributed by atoms with Crippen molar-refractivity contribution in [1.29, 1.82) is 0 Å². The van der Waals surface area contributed by atoms with Gasteiger partial charge in [0.1, 0.15) is 0 Å². The van der Waals surface area contributed by atoms with Crippen LogP contribution in [0.2, 0.25) is 0 Å². The first-order valence-electron chi connectivity index (χ1n) is 4.79. The summed E-state index contributed by atoms with van der Waals surface area (Å²) in [6.45, 7) is 2.57. The van der Waals surface area contributed by atoms with E-state index in [1.54, 1.807) is 6.92 Å². The van der Waals surface area contributed by atoms with E-state index in [9.17, 15) is 13.6 Å². The third kappa shape index (κ3) is 1.08. The van der Waals surface area contributed by atoms with E-state index in [2.05, 4.69) is 10.1 Å². The Morgan fingerprint density at radius 2 is 2.21 bits per heavy atom. The molecule has 1 heterocycles. The Morgan fingerprint density at radius 3 is 2.57 bits per heavy atom. The molecule has 2 aliphatic rings. The second kappa shape index (κ2) is 2.89. The average Bonchev–Trinajstić information content (AvgIpc) is 2.47. The van der Waals surface area contributed by atoms with Crippen molar-refractivity contribution in [3.63, 3.8) is 0 Å². The third-order valence-electron chi connectivity index (χ3n) is 3.24. The number of alkyl halides is 2. The van der Waals surface area contributed by atoms with E-state index in [4.69, 9.17) is 0 Å². The summed E-state index contributed by atoms with van der Waals surface area (Å²) in [4.78, 5) is 11.0. The van der Waals surface area contributed by atoms with E-state index < -0.39 is 23.2 Å². The summed E-state index contributed by atoms with van der Waals surface area (Å²) in [5.74, 6) is -4.00. The maximum absolute atomic E-state index is 13.2. The predicted molar refractivity (Wildman–Crippen MR) is 45.0 cm³/mol. The van der Waals surface area contributed by atoms with Gasteiger partial charge in [-0.15, -0.1) is 0 Å². The average molecular weight is 205 g/mol. The molecular weight excluding hydrogens is 192 g/mol. The van der Waals surface area contributed by atoms with E-state index in [1.165, 1.54) is 0 Å². The summed E-state index contributed by atoms with van der Waals surface area (Å²) in [6.07, 6.45) is -0.150. The molecule has 1 unspecified atom stereocenters. The van der Waals surface area contributed by atoms with Crippen LogP contribution in [0.15, 0.2) is 0 Å². The van der Waals surface area contributed by atoms with Gasteiger partial charge in [0, 0.05) is 19.0 Å². The lowest BCUT2D eigenvalue weighted by molar-refractivity contribution is -0.144. The molecule has 5 heteroatoms. The Morgan fingerprint density at radius 1 is 1.57 bits per heavy atom. The first-order valence-corrected chi connectivity index (χ1v) is 4.79. The molecule has 1 aliphatic heterocycles. The molecule has 0 aromatic carbocycles. The van der Waals surface area contributed by atoms with Crippen LogP contribution in [0.5, 0.6) is 0 Å². The highest BCUT2D eigenvalue weighted by atomic mass is 19.3. The van der Waals surface area contributed by atoms with Gasteiger partial charge < -0.3 is 10.1 Å². The highest BCUT2D eigenvalue weighted by Crippen LogP contribution is 2.69. The molecule has 1 spiro atoms. The number of hydrogen-bond acceptors (Lipinski definition) is 3. The van der Waals surface area contributed by atoms with Gasteiger partial charge in [-0.3, -0.25) is 4.79 Å². The molecule has 1 saturated carbocycles. The smallest absolute Gasteiger partial charge is 0.306 e. The van der Waals surface area contributed by atoms with Gasteiger partial charge in [0.2, 0.25) is 0 Å². The Kier molecular flexibility index (Phi) is 2.03. The van der Waals surface area contributed by atoms with Crippen LogP contribution in [0, 0.1) is 11.3 Å². The first-order chi connectivity index (χ1) is 6.54. The van der Waals surface area contributed by atoms with Crippen molar-refractivity contribution < 1.29 is 18.3 Å². The lowest BCUT2D eigenvalue weighted by atomic mass is 9.95. The second-order valence-corrected chi connectivity index (χ2v) is 3.94. The quantitative estimate of drug-likeness (QED) is 0.692. The summed E-state index contributed by atoms with van der Waals surface area (Å²) in [6, 6.07) is 0. The first kappa shape index (κ1) is 9.83. The number of carbonyl (C=O) groups excluding carboxylic acids is 1. The Labute approximate surface area is 80.8 Å². The molecule has 0 aromatic rings. The molecule has 1 aliphatic carbocycles. The number of esters is 1. The van der Waals surface area contributed by atoms with E-state index >= 15 is 0 Å². The maximum Gasteiger partial charge on any atom is 0.306 e. The van der Waals surface area contributed by atoms with Gasteiger partial charge >= 0.3 is 5.97 Å². The van der Waals surface area contributed by atoms with Crippen LogP contribution in [0.3, 0.4) is 0 Å². The van der Waals surface area contributed by atoms with Gasteiger partial charge in [-0.2, -0.15) is 0 Å². The number of ether oxygens (including phenoxy) is 1. The minimum Gasteiger partial charge on any atom is -0.466 e. The number of rotatable bonds is 3.